The number of carbonyl (C=O) groups excluding carboxylic acids is 1. The van der Waals surface area contributed by atoms with Crippen molar-refractivity contribution in [2.24, 2.45) is 0 Å². The van der Waals surface area contributed by atoms with Crippen LogP contribution >= 0.6 is 0 Å². The predicted molar refractivity (Wildman–Crippen MR) is 85.0 cm³/mol. The number of aromatic nitrogens is 1. The predicted octanol–water partition coefficient (Wildman–Crippen LogP) is 2.55. The zero-order valence-electron chi connectivity index (χ0n) is 12.0. The molecule has 0 saturated heterocycles. The molecule has 3 rings (SSSR count). The highest BCUT2D eigenvalue weighted by atomic mass is 19.1. The fourth-order valence-electron chi connectivity index (χ4n) is 2.34. The van der Waals surface area contributed by atoms with Gasteiger partial charge in [-0.1, -0.05) is 18.2 Å². The van der Waals surface area contributed by atoms with Crippen LogP contribution in [0, 0.1) is 5.82 Å². The highest BCUT2D eigenvalue weighted by Gasteiger charge is 2.13. The lowest BCUT2D eigenvalue weighted by Gasteiger charge is -2.08. The molecule has 0 radical (unpaired) electrons. The summed E-state index contributed by atoms with van der Waals surface area (Å²) < 4.78 is 12.8. The number of fused-ring (bicyclic) bond motifs is 1. The van der Waals surface area contributed by atoms with Crippen molar-refractivity contribution in [2.75, 3.05) is 5.32 Å². The van der Waals surface area contributed by atoms with Gasteiger partial charge in [0.05, 0.1) is 17.5 Å². The van der Waals surface area contributed by atoms with Crippen molar-refractivity contribution in [3.05, 3.63) is 70.4 Å². The van der Waals surface area contributed by atoms with Gasteiger partial charge in [-0.15, -0.1) is 0 Å². The third-order valence-corrected chi connectivity index (χ3v) is 3.44. The van der Waals surface area contributed by atoms with Gasteiger partial charge >= 0.3 is 0 Å². The number of pyridine rings is 1. The topological polar surface area (TPSA) is 82.2 Å². The van der Waals surface area contributed by atoms with E-state index in [9.17, 15) is 19.1 Å². The Kier molecular flexibility index (Phi) is 3.80. The SMILES string of the molecule is O=C(Cc1[nH]c(=O)c2ccccc2c1O)Nc1ccc(F)cc1. The Hall–Kier alpha value is -3.15. The van der Waals surface area contributed by atoms with Crippen LogP contribution in [0.15, 0.2) is 53.3 Å². The number of rotatable bonds is 3. The molecule has 1 aromatic heterocycles. The first-order chi connectivity index (χ1) is 11.0. The third-order valence-electron chi connectivity index (χ3n) is 3.44. The minimum Gasteiger partial charge on any atom is -0.505 e. The summed E-state index contributed by atoms with van der Waals surface area (Å²) in [5.41, 5.74) is 0.190. The zero-order valence-corrected chi connectivity index (χ0v) is 12.0. The molecule has 6 heteroatoms. The molecule has 0 bridgehead atoms. The maximum atomic E-state index is 12.8. The van der Waals surface area contributed by atoms with Gasteiger partial charge in [0, 0.05) is 11.1 Å². The van der Waals surface area contributed by atoms with Crippen LogP contribution in [0.25, 0.3) is 10.8 Å². The molecule has 0 aliphatic carbocycles. The van der Waals surface area contributed by atoms with Crippen LogP contribution in [0.2, 0.25) is 0 Å². The van der Waals surface area contributed by atoms with E-state index in [4.69, 9.17) is 0 Å². The van der Waals surface area contributed by atoms with E-state index in [1.807, 2.05) is 0 Å². The molecule has 0 unspecified atom stereocenters. The standard InChI is InChI=1S/C17H13FN2O3/c18-10-5-7-11(8-6-10)19-15(21)9-14-16(22)12-3-1-2-4-13(12)17(23)20-14/h1-8,22H,9H2,(H,19,21)(H,20,23). The summed E-state index contributed by atoms with van der Waals surface area (Å²) >= 11 is 0. The first kappa shape index (κ1) is 14.8. The molecular formula is C17H13FN2O3. The molecule has 0 fully saturated rings. The number of H-pyrrole nitrogens is 1. The first-order valence-electron chi connectivity index (χ1n) is 6.93. The molecule has 116 valence electrons. The molecular weight excluding hydrogens is 299 g/mol. The monoisotopic (exact) mass is 312 g/mol. The average molecular weight is 312 g/mol. The third kappa shape index (κ3) is 3.06. The second-order valence-corrected chi connectivity index (χ2v) is 5.06. The number of benzene rings is 2. The molecule has 23 heavy (non-hydrogen) atoms. The Morgan fingerprint density at radius 1 is 1.09 bits per heavy atom. The highest BCUT2D eigenvalue weighted by Crippen LogP contribution is 2.24. The van der Waals surface area contributed by atoms with Gasteiger partial charge in [0.25, 0.3) is 5.56 Å². The van der Waals surface area contributed by atoms with Crippen molar-refractivity contribution in [3.8, 4) is 5.75 Å². The first-order valence-corrected chi connectivity index (χ1v) is 6.93. The average Bonchev–Trinajstić information content (AvgIpc) is 2.54. The number of amides is 1. The van der Waals surface area contributed by atoms with Crippen molar-refractivity contribution in [3.63, 3.8) is 0 Å². The van der Waals surface area contributed by atoms with Crippen molar-refractivity contribution in [1.82, 2.24) is 4.98 Å². The van der Waals surface area contributed by atoms with Crippen LogP contribution in [-0.4, -0.2) is 16.0 Å². The lowest BCUT2D eigenvalue weighted by atomic mass is 10.1. The largest absolute Gasteiger partial charge is 0.505 e. The lowest BCUT2D eigenvalue weighted by Crippen LogP contribution is -2.18. The number of aromatic hydroxyl groups is 1. The Morgan fingerprint density at radius 3 is 2.43 bits per heavy atom. The summed E-state index contributed by atoms with van der Waals surface area (Å²) in [6.07, 6.45) is -0.205. The van der Waals surface area contributed by atoms with Crippen molar-refractivity contribution < 1.29 is 14.3 Å². The summed E-state index contributed by atoms with van der Waals surface area (Å²) in [4.78, 5) is 26.5. The maximum Gasteiger partial charge on any atom is 0.256 e. The zero-order chi connectivity index (χ0) is 16.4. The van der Waals surface area contributed by atoms with Crippen molar-refractivity contribution >= 4 is 22.4 Å². The second-order valence-electron chi connectivity index (χ2n) is 5.06. The minimum absolute atomic E-state index is 0.130. The van der Waals surface area contributed by atoms with Gasteiger partial charge in [0.2, 0.25) is 5.91 Å². The van der Waals surface area contributed by atoms with Gasteiger partial charge in [0.15, 0.2) is 0 Å². The summed E-state index contributed by atoms with van der Waals surface area (Å²) in [6.45, 7) is 0. The van der Waals surface area contributed by atoms with Crippen LogP contribution in [0.3, 0.4) is 0 Å². The van der Waals surface area contributed by atoms with Crippen LogP contribution < -0.4 is 10.9 Å². The van der Waals surface area contributed by atoms with E-state index < -0.39 is 11.7 Å². The molecule has 5 nitrogen and oxygen atoms in total. The van der Waals surface area contributed by atoms with Crippen LogP contribution in [0.1, 0.15) is 5.69 Å². The van der Waals surface area contributed by atoms with Gasteiger partial charge in [-0.3, -0.25) is 9.59 Å². The molecule has 2 aromatic carbocycles. The number of carbonyl (C=O) groups is 1. The van der Waals surface area contributed by atoms with Gasteiger partial charge < -0.3 is 15.4 Å². The Balaban J connectivity index is 1.86. The van der Waals surface area contributed by atoms with Gasteiger partial charge in [0.1, 0.15) is 11.6 Å². The molecule has 0 saturated carbocycles. The fraction of sp³-hybridized carbons (Fsp3) is 0.0588. The molecule has 3 N–H and O–H groups in total. The molecule has 0 atom stereocenters. The number of hydrogen-bond donors (Lipinski definition) is 3. The maximum absolute atomic E-state index is 12.8. The number of anilines is 1. The summed E-state index contributed by atoms with van der Waals surface area (Å²) in [5, 5.41) is 13.5. The lowest BCUT2D eigenvalue weighted by molar-refractivity contribution is -0.115. The molecule has 0 aliphatic rings. The Morgan fingerprint density at radius 2 is 1.74 bits per heavy atom. The summed E-state index contributed by atoms with van der Waals surface area (Å²) in [7, 11) is 0. The van der Waals surface area contributed by atoms with E-state index >= 15 is 0 Å². The van der Waals surface area contributed by atoms with Crippen molar-refractivity contribution in [1.29, 1.82) is 0 Å². The van der Waals surface area contributed by atoms with E-state index in [2.05, 4.69) is 10.3 Å². The summed E-state index contributed by atoms with van der Waals surface area (Å²) in [6, 6.07) is 11.9. The molecule has 1 amide bonds. The van der Waals surface area contributed by atoms with E-state index in [0.29, 0.717) is 16.5 Å². The highest BCUT2D eigenvalue weighted by molar-refractivity contribution is 5.94. The van der Waals surface area contributed by atoms with Crippen molar-refractivity contribution in [2.45, 2.75) is 6.42 Å². The van der Waals surface area contributed by atoms with Crippen LogP contribution in [0.5, 0.6) is 5.75 Å². The minimum atomic E-state index is -0.433. The van der Waals surface area contributed by atoms with E-state index in [0.717, 1.165) is 0 Å². The number of halogens is 1. The summed E-state index contributed by atoms with van der Waals surface area (Å²) in [5.74, 6) is -0.966. The van der Waals surface area contributed by atoms with E-state index in [1.54, 1.807) is 24.3 Å². The van der Waals surface area contributed by atoms with Gasteiger partial charge in [-0.25, -0.2) is 4.39 Å². The van der Waals surface area contributed by atoms with E-state index in [-0.39, 0.29) is 23.4 Å². The second kappa shape index (κ2) is 5.92. The molecule has 3 aromatic rings. The van der Waals surface area contributed by atoms with Gasteiger partial charge in [-0.2, -0.15) is 0 Å². The van der Waals surface area contributed by atoms with E-state index in [1.165, 1.54) is 24.3 Å². The fourth-order valence-corrected chi connectivity index (χ4v) is 2.34. The van der Waals surface area contributed by atoms with Gasteiger partial charge in [-0.05, 0) is 30.3 Å². The Labute approximate surface area is 130 Å². The quantitative estimate of drug-likeness (QED) is 0.695. The normalized spacial score (nSPS) is 10.7. The number of nitrogens with one attached hydrogen (secondary N) is 2. The Bertz CT molecular complexity index is 933. The van der Waals surface area contributed by atoms with Crippen LogP contribution in [0.4, 0.5) is 10.1 Å². The number of hydrogen-bond acceptors (Lipinski definition) is 3. The molecule has 1 heterocycles. The smallest absolute Gasteiger partial charge is 0.256 e. The molecule has 0 aliphatic heterocycles. The van der Waals surface area contributed by atoms with Crippen LogP contribution in [-0.2, 0) is 11.2 Å². The molecule has 0 spiro atoms. The number of aromatic amines is 1.